The number of nitrogens with one attached hydrogen (secondary N) is 1. The number of aryl methyl sites for hydroxylation is 2. The molecule has 1 aromatic carbocycles. The molecule has 0 bridgehead atoms. The summed E-state index contributed by atoms with van der Waals surface area (Å²) in [6, 6.07) is 6.80. The largest absolute Gasteiger partial charge is 0.479 e. The first kappa shape index (κ1) is 12.6. The van der Waals surface area contributed by atoms with Crippen molar-refractivity contribution in [1.82, 2.24) is 4.98 Å². The molecule has 0 saturated carbocycles. The van der Waals surface area contributed by atoms with E-state index < -0.39 is 12.0 Å². The van der Waals surface area contributed by atoms with Crippen LogP contribution in [0.15, 0.2) is 29.6 Å². The number of hydrogen-bond acceptors (Lipinski definition) is 4. The number of benzene rings is 1. The normalized spacial score (nSPS) is 12.1. The van der Waals surface area contributed by atoms with E-state index in [-0.39, 0.29) is 0 Å². The number of nitrogens with zero attached hydrogens (tertiary/aromatic N) is 1. The molecule has 4 nitrogen and oxygen atoms in total. The van der Waals surface area contributed by atoms with E-state index in [0.717, 1.165) is 16.3 Å². The summed E-state index contributed by atoms with van der Waals surface area (Å²) in [5.74, 6) is -0.930. The standard InChI is InChI=1S/C13H14N2O2S/c1-8-3-5-10(6-4-8)15-12(13(16)17)11-7-18-9(2)14-11/h3-7,12,15H,1-2H3,(H,16,17). The molecule has 0 radical (unpaired) electrons. The van der Waals surface area contributed by atoms with Gasteiger partial charge in [-0.2, -0.15) is 0 Å². The van der Waals surface area contributed by atoms with E-state index in [1.54, 1.807) is 5.38 Å². The molecule has 1 aromatic heterocycles. The highest BCUT2D eigenvalue weighted by molar-refractivity contribution is 7.09. The van der Waals surface area contributed by atoms with Crippen LogP contribution in [0.5, 0.6) is 0 Å². The summed E-state index contributed by atoms with van der Waals surface area (Å²) in [4.78, 5) is 15.5. The van der Waals surface area contributed by atoms with Gasteiger partial charge in [0.15, 0.2) is 6.04 Å². The molecule has 0 aliphatic carbocycles. The molecule has 1 heterocycles. The van der Waals surface area contributed by atoms with Gasteiger partial charge in [0.05, 0.1) is 10.7 Å². The average molecular weight is 262 g/mol. The Kier molecular flexibility index (Phi) is 3.62. The fourth-order valence-corrected chi connectivity index (χ4v) is 2.23. The van der Waals surface area contributed by atoms with Crippen molar-refractivity contribution in [2.24, 2.45) is 0 Å². The van der Waals surface area contributed by atoms with E-state index in [4.69, 9.17) is 0 Å². The molecular weight excluding hydrogens is 248 g/mol. The van der Waals surface area contributed by atoms with E-state index in [1.165, 1.54) is 11.3 Å². The van der Waals surface area contributed by atoms with Crippen molar-refractivity contribution in [2.75, 3.05) is 5.32 Å². The predicted molar refractivity (Wildman–Crippen MR) is 72.0 cm³/mol. The van der Waals surface area contributed by atoms with Crippen LogP contribution < -0.4 is 5.32 Å². The minimum Gasteiger partial charge on any atom is -0.479 e. The van der Waals surface area contributed by atoms with Gasteiger partial charge in [-0.05, 0) is 26.0 Å². The molecule has 0 aliphatic heterocycles. The van der Waals surface area contributed by atoms with Gasteiger partial charge in [0.1, 0.15) is 0 Å². The van der Waals surface area contributed by atoms with E-state index in [0.29, 0.717) is 5.69 Å². The van der Waals surface area contributed by atoms with Crippen LogP contribution in [0.2, 0.25) is 0 Å². The fraction of sp³-hybridized carbons (Fsp3) is 0.231. The number of aromatic nitrogens is 1. The molecule has 2 rings (SSSR count). The Hall–Kier alpha value is -1.88. The third kappa shape index (κ3) is 2.87. The molecule has 0 amide bonds. The maximum absolute atomic E-state index is 11.3. The molecule has 1 atom stereocenters. The number of thiazole rings is 1. The highest BCUT2D eigenvalue weighted by Gasteiger charge is 2.22. The molecule has 18 heavy (non-hydrogen) atoms. The number of anilines is 1. The van der Waals surface area contributed by atoms with Gasteiger partial charge in [-0.25, -0.2) is 9.78 Å². The Labute approximate surface area is 109 Å². The number of hydrogen-bond donors (Lipinski definition) is 2. The Morgan fingerprint density at radius 3 is 2.50 bits per heavy atom. The predicted octanol–water partition coefficient (Wildman–Crippen LogP) is 3.00. The van der Waals surface area contributed by atoms with Crippen molar-refractivity contribution in [3.05, 3.63) is 45.9 Å². The zero-order valence-electron chi connectivity index (χ0n) is 10.2. The molecule has 2 N–H and O–H groups in total. The second kappa shape index (κ2) is 5.18. The minimum atomic E-state index is -0.930. The van der Waals surface area contributed by atoms with Gasteiger partial charge in [0.2, 0.25) is 0 Å². The zero-order chi connectivity index (χ0) is 13.1. The lowest BCUT2D eigenvalue weighted by atomic mass is 10.2. The molecule has 0 saturated heterocycles. The van der Waals surface area contributed by atoms with Crippen LogP contribution in [0, 0.1) is 13.8 Å². The molecule has 0 spiro atoms. The summed E-state index contributed by atoms with van der Waals surface area (Å²) in [5.41, 5.74) is 2.46. The highest BCUT2D eigenvalue weighted by Crippen LogP contribution is 2.21. The molecular formula is C13H14N2O2S. The zero-order valence-corrected chi connectivity index (χ0v) is 11.0. The lowest BCUT2D eigenvalue weighted by Crippen LogP contribution is -2.20. The number of carboxylic acids is 1. The fourth-order valence-electron chi connectivity index (χ4n) is 1.59. The van der Waals surface area contributed by atoms with Crippen LogP contribution in [0.25, 0.3) is 0 Å². The molecule has 2 aromatic rings. The number of rotatable bonds is 4. The van der Waals surface area contributed by atoms with E-state index >= 15 is 0 Å². The lowest BCUT2D eigenvalue weighted by Gasteiger charge is -2.13. The van der Waals surface area contributed by atoms with E-state index in [2.05, 4.69) is 10.3 Å². The quantitative estimate of drug-likeness (QED) is 0.889. The van der Waals surface area contributed by atoms with Gasteiger partial charge >= 0.3 is 5.97 Å². The molecule has 5 heteroatoms. The van der Waals surface area contributed by atoms with Crippen molar-refractivity contribution < 1.29 is 9.90 Å². The summed E-state index contributed by atoms with van der Waals surface area (Å²) >= 11 is 1.45. The Morgan fingerprint density at radius 2 is 2.00 bits per heavy atom. The molecule has 1 unspecified atom stereocenters. The topological polar surface area (TPSA) is 62.2 Å². The lowest BCUT2D eigenvalue weighted by molar-refractivity contribution is -0.138. The van der Waals surface area contributed by atoms with Crippen LogP contribution >= 0.6 is 11.3 Å². The highest BCUT2D eigenvalue weighted by atomic mass is 32.1. The third-order valence-electron chi connectivity index (χ3n) is 2.54. The molecule has 0 fully saturated rings. The summed E-state index contributed by atoms with van der Waals surface area (Å²) in [6.45, 7) is 3.85. The van der Waals surface area contributed by atoms with Gasteiger partial charge in [0, 0.05) is 11.1 Å². The molecule has 0 aliphatic rings. The van der Waals surface area contributed by atoms with Crippen LogP contribution in [0.4, 0.5) is 5.69 Å². The smallest absolute Gasteiger partial charge is 0.332 e. The summed E-state index contributed by atoms with van der Waals surface area (Å²) in [5, 5.41) is 14.9. The van der Waals surface area contributed by atoms with Crippen LogP contribution in [-0.4, -0.2) is 16.1 Å². The number of carbonyl (C=O) groups is 1. The van der Waals surface area contributed by atoms with Crippen molar-refractivity contribution >= 4 is 23.0 Å². The Bertz CT molecular complexity index is 548. The first-order chi connectivity index (χ1) is 8.56. The number of aliphatic carboxylic acids is 1. The maximum Gasteiger partial charge on any atom is 0.332 e. The summed E-state index contributed by atoms with van der Waals surface area (Å²) in [7, 11) is 0. The first-order valence-electron chi connectivity index (χ1n) is 5.54. The second-order valence-corrected chi connectivity index (χ2v) is 5.14. The van der Waals surface area contributed by atoms with Crippen LogP contribution in [-0.2, 0) is 4.79 Å². The Balaban J connectivity index is 2.22. The number of carboxylic acid groups (broad SMARTS) is 1. The van der Waals surface area contributed by atoms with Crippen LogP contribution in [0.3, 0.4) is 0 Å². The Morgan fingerprint density at radius 1 is 1.33 bits per heavy atom. The molecule has 94 valence electrons. The minimum absolute atomic E-state index is 0.547. The van der Waals surface area contributed by atoms with Crippen LogP contribution in [0.1, 0.15) is 22.3 Å². The first-order valence-corrected chi connectivity index (χ1v) is 6.42. The van der Waals surface area contributed by atoms with Crippen molar-refractivity contribution in [3.8, 4) is 0 Å². The van der Waals surface area contributed by atoms with Gasteiger partial charge < -0.3 is 10.4 Å². The SMILES string of the molecule is Cc1ccc(NC(C(=O)O)c2csc(C)n2)cc1. The van der Waals surface area contributed by atoms with Gasteiger partial charge in [-0.15, -0.1) is 11.3 Å². The van der Waals surface area contributed by atoms with Crippen molar-refractivity contribution in [1.29, 1.82) is 0 Å². The monoisotopic (exact) mass is 262 g/mol. The average Bonchev–Trinajstić information content (AvgIpc) is 2.74. The van der Waals surface area contributed by atoms with E-state index in [9.17, 15) is 9.90 Å². The summed E-state index contributed by atoms with van der Waals surface area (Å²) in [6.07, 6.45) is 0. The second-order valence-electron chi connectivity index (χ2n) is 4.07. The van der Waals surface area contributed by atoms with Gasteiger partial charge in [-0.1, -0.05) is 17.7 Å². The third-order valence-corrected chi connectivity index (χ3v) is 3.33. The summed E-state index contributed by atoms with van der Waals surface area (Å²) < 4.78 is 0. The van der Waals surface area contributed by atoms with Crippen molar-refractivity contribution in [2.45, 2.75) is 19.9 Å². The van der Waals surface area contributed by atoms with Gasteiger partial charge in [0.25, 0.3) is 0 Å². The van der Waals surface area contributed by atoms with Crippen molar-refractivity contribution in [3.63, 3.8) is 0 Å². The van der Waals surface area contributed by atoms with Gasteiger partial charge in [-0.3, -0.25) is 0 Å². The van der Waals surface area contributed by atoms with E-state index in [1.807, 2.05) is 38.1 Å². The maximum atomic E-state index is 11.3.